The number of carbonyl (C=O) groups is 2. The molecule has 0 aliphatic rings. The summed E-state index contributed by atoms with van der Waals surface area (Å²) in [5, 5.41) is 12.6. The second kappa shape index (κ2) is 12.3. The highest BCUT2D eigenvalue weighted by Gasteiger charge is 2.26. The van der Waals surface area contributed by atoms with Gasteiger partial charge in [-0.3, -0.25) is 9.59 Å². The van der Waals surface area contributed by atoms with Crippen molar-refractivity contribution in [2.75, 3.05) is 6.54 Å². The summed E-state index contributed by atoms with van der Waals surface area (Å²) in [6, 6.07) is 18.2. The van der Waals surface area contributed by atoms with E-state index in [2.05, 4.69) is 26.0 Å². The van der Waals surface area contributed by atoms with Crippen LogP contribution in [0.1, 0.15) is 40.2 Å². The van der Waals surface area contributed by atoms with Gasteiger partial charge in [0, 0.05) is 39.9 Å². The number of halogens is 4. The average Bonchev–Trinajstić information content (AvgIpc) is 2.89. The molecule has 4 aromatic rings. The lowest BCUT2D eigenvalue weighted by Gasteiger charge is -2.22. The zero-order chi connectivity index (χ0) is 28.1. The Balaban J connectivity index is 1.74. The van der Waals surface area contributed by atoms with Crippen LogP contribution in [0.5, 0.6) is 5.75 Å². The normalized spacial score (nSPS) is 11.9. The van der Waals surface area contributed by atoms with Gasteiger partial charge in [0.15, 0.2) is 0 Å². The van der Waals surface area contributed by atoms with Gasteiger partial charge in [-0.1, -0.05) is 52.3 Å². The van der Waals surface area contributed by atoms with Crippen LogP contribution in [0.15, 0.2) is 71.2 Å². The number of carboxylic acid groups (broad SMARTS) is 1. The number of aliphatic carboxylic acids is 1. The van der Waals surface area contributed by atoms with Gasteiger partial charge >= 0.3 is 12.6 Å². The first-order valence-corrected chi connectivity index (χ1v) is 12.8. The number of nitrogens with one attached hydrogen (secondary N) is 1. The molecule has 0 aliphatic heterocycles. The van der Waals surface area contributed by atoms with Crippen LogP contribution in [-0.2, 0) is 4.79 Å². The molecule has 6 nitrogen and oxygen atoms in total. The highest BCUT2D eigenvalue weighted by molar-refractivity contribution is 9.10. The minimum atomic E-state index is -3.21. The molecule has 0 bridgehead atoms. The Labute approximate surface area is 231 Å². The van der Waals surface area contributed by atoms with Crippen molar-refractivity contribution < 1.29 is 32.6 Å². The monoisotopic (exact) mass is 600 g/mol. The Morgan fingerprint density at radius 2 is 1.82 bits per heavy atom. The highest BCUT2D eigenvalue weighted by Crippen LogP contribution is 2.34. The van der Waals surface area contributed by atoms with Gasteiger partial charge in [0.25, 0.3) is 5.91 Å². The molecule has 0 spiro atoms. The molecule has 0 saturated carbocycles. The largest absolute Gasteiger partial charge is 0.481 e. The minimum absolute atomic E-state index is 0.118. The lowest BCUT2D eigenvalue weighted by atomic mass is 9.92. The lowest BCUT2D eigenvalue weighted by Crippen LogP contribution is -2.30. The van der Waals surface area contributed by atoms with Crippen LogP contribution in [0.2, 0.25) is 0 Å². The summed E-state index contributed by atoms with van der Waals surface area (Å²) in [6.45, 7) is -1.65. The van der Waals surface area contributed by atoms with Crippen molar-refractivity contribution in [3.8, 4) is 17.0 Å². The van der Waals surface area contributed by atoms with Gasteiger partial charge < -0.3 is 15.2 Å². The SMILES string of the molecule is Cc1c(-c2ccccc2)nc2ccc(Br)cc2c1C(=O)NCC(CCC(=O)O)c1c(F)cccc1OC(F)F. The molecule has 39 heavy (non-hydrogen) atoms. The summed E-state index contributed by atoms with van der Waals surface area (Å²) in [5.74, 6) is -3.83. The van der Waals surface area contributed by atoms with Gasteiger partial charge in [0.2, 0.25) is 0 Å². The number of alkyl halides is 2. The predicted octanol–water partition coefficient (Wildman–Crippen LogP) is 7.09. The van der Waals surface area contributed by atoms with E-state index < -0.39 is 36.0 Å². The van der Waals surface area contributed by atoms with Crippen LogP contribution in [0.3, 0.4) is 0 Å². The quantitative estimate of drug-likeness (QED) is 0.203. The van der Waals surface area contributed by atoms with Crippen LogP contribution < -0.4 is 10.1 Å². The first-order valence-electron chi connectivity index (χ1n) is 12.0. The number of hydrogen-bond donors (Lipinski definition) is 2. The van der Waals surface area contributed by atoms with E-state index >= 15 is 0 Å². The van der Waals surface area contributed by atoms with E-state index in [-0.39, 0.29) is 24.9 Å². The van der Waals surface area contributed by atoms with Gasteiger partial charge in [-0.05, 0) is 49.2 Å². The molecular formula is C29H24BrF3N2O4. The van der Waals surface area contributed by atoms with Crippen molar-refractivity contribution in [2.24, 2.45) is 0 Å². The van der Waals surface area contributed by atoms with Crippen molar-refractivity contribution in [1.29, 1.82) is 0 Å². The number of fused-ring (bicyclic) bond motifs is 1. The Morgan fingerprint density at radius 1 is 1.08 bits per heavy atom. The smallest absolute Gasteiger partial charge is 0.387 e. The molecule has 1 heterocycles. The number of amides is 1. The summed E-state index contributed by atoms with van der Waals surface area (Å²) in [6.07, 6.45) is -0.488. The van der Waals surface area contributed by atoms with E-state index in [0.29, 0.717) is 27.7 Å². The Kier molecular flexibility index (Phi) is 8.86. The van der Waals surface area contributed by atoms with E-state index in [4.69, 9.17) is 4.98 Å². The van der Waals surface area contributed by atoms with Crippen molar-refractivity contribution in [3.05, 3.63) is 93.7 Å². The van der Waals surface area contributed by atoms with Crippen LogP contribution >= 0.6 is 15.9 Å². The van der Waals surface area contributed by atoms with E-state index in [1.807, 2.05) is 36.4 Å². The fourth-order valence-electron chi connectivity index (χ4n) is 4.56. The molecule has 1 amide bonds. The number of rotatable bonds is 10. The zero-order valence-electron chi connectivity index (χ0n) is 20.8. The van der Waals surface area contributed by atoms with Crippen LogP contribution in [-0.4, -0.2) is 35.1 Å². The fraction of sp³-hybridized carbons (Fsp3) is 0.207. The van der Waals surface area contributed by atoms with Crippen LogP contribution in [0.25, 0.3) is 22.2 Å². The summed E-state index contributed by atoms with van der Waals surface area (Å²) in [7, 11) is 0. The number of aromatic nitrogens is 1. The van der Waals surface area contributed by atoms with E-state index in [1.54, 1.807) is 19.1 Å². The van der Waals surface area contributed by atoms with Crippen molar-refractivity contribution in [1.82, 2.24) is 10.3 Å². The number of carbonyl (C=O) groups excluding carboxylic acids is 1. The van der Waals surface area contributed by atoms with Gasteiger partial charge in [-0.15, -0.1) is 0 Å². The average molecular weight is 601 g/mol. The molecule has 10 heteroatoms. The van der Waals surface area contributed by atoms with Crippen LogP contribution in [0, 0.1) is 12.7 Å². The molecule has 2 N–H and O–H groups in total. The molecule has 0 saturated heterocycles. The Hall–Kier alpha value is -3.92. The van der Waals surface area contributed by atoms with E-state index in [0.717, 1.165) is 16.1 Å². The first-order chi connectivity index (χ1) is 18.7. The third-order valence-corrected chi connectivity index (χ3v) is 6.81. The topological polar surface area (TPSA) is 88.5 Å². The minimum Gasteiger partial charge on any atom is -0.481 e. The third-order valence-electron chi connectivity index (χ3n) is 6.32. The molecule has 202 valence electrons. The number of benzene rings is 3. The first kappa shape index (κ1) is 28.1. The molecule has 0 fully saturated rings. The molecule has 0 radical (unpaired) electrons. The number of carboxylic acids is 1. The summed E-state index contributed by atoms with van der Waals surface area (Å²) in [5.41, 5.74) is 2.74. The third kappa shape index (κ3) is 6.57. The Bertz CT molecular complexity index is 1520. The van der Waals surface area contributed by atoms with Gasteiger partial charge in [-0.25, -0.2) is 9.37 Å². The summed E-state index contributed by atoms with van der Waals surface area (Å²) >= 11 is 3.43. The van der Waals surface area contributed by atoms with Crippen molar-refractivity contribution in [2.45, 2.75) is 32.3 Å². The molecular weight excluding hydrogens is 577 g/mol. The summed E-state index contributed by atoms with van der Waals surface area (Å²) < 4.78 is 46.2. The van der Waals surface area contributed by atoms with E-state index in [1.165, 1.54) is 12.1 Å². The van der Waals surface area contributed by atoms with Crippen molar-refractivity contribution >= 4 is 38.7 Å². The summed E-state index contributed by atoms with van der Waals surface area (Å²) in [4.78, 5) is 29.7. The lowest BCUT2D eigenvalue weighted by molar-refractivity contribution is -0.137. The number of pyridine rings is 1. The molecule has 1 atom stereocenters. The Morgan fingerprint density at radius 3 is 2.51 bits per heavy atom. The molecule has 1 unspecified atom stereocenters. The fourth-order valence-corrected chi connectivity index (χ4v) is 4.92. The van der Waals surface area contributed by atoms with Gasteiger partial charge in [0.05, 0.1) is 16.8 Å². The molecule has 1 aromatic heterocycles. The standard InChI is InChI=1S/C29H24BrF3N2O4/c1-16-25(20-14-19(30)11-12-22(20)35-27(16)17-6-3-2-4-7-17)28(38)34-15-18(10-13-24(36)37)26-21(31)8-5-9-23(26)39-29(32)33/h2-9,11-12,14,18,29H,10,13,15H2,1H3,(H,34,38)(H,36,37). The van der Waals surface area contributed by atoms with Crippen LogP contribution in [0.4, 0.5) is 13.2 Å². The number of nitrogens with zero attached hydrogens (tertiary/aromatic N) is 1. The molecule has 0 aliphatic carbocycles. The zero-order valence-corrected chi connectivity index (χ0v) is 22.3. The van der Waals surface area contributed by atoms with Gasteiger partial charge in [-0.2, -0.15) is 8.78 Å². The second-order valence-electron chi connectivity index (χ2n) is 8.86. The highest BCUT2D eigenvalue weighted by atomic mass is 79.9. The number of hydrogen-bond acceptors (Lipinski definition) is 4. The molecule has 4 rings (SSSR count). The maximum Gasteiger partial charge on any atom is 0.387 e. The number of ether oxygens (including phenoxy) is 1. The van der Waals surface area contributed by atoms with E-state index in [9.17, 15) is 27.9 Å². The van der Waals surface area contributed by atoms with Crippen molar-refractivity contribution in [3.63, 3.8) is 0 Å². The van der Waals surface area contributed by atoms with Gasteiger partial charge in [0.1, 0.15) is 11.6 Å². The molecule has 3 aromatic carbocycles. The maximum absolute atomic E-state index is 14.9. The predicted molar refractivity (Wildman–Crippen MR) is 145 cm³/mol. The second-order valence-corrected chi connectivity index (χ2v) is 9.77. The maximum atomic E-state index is 14.9.